The first-order valence-corrected chi connectivity index (χ1v) is 4.89. The molecule has 13 heavy (non-hydrogen) atoms. The van der Waals surface area contributed by atoms with Crippen LogP contribution in [0, 0.1) is 0 Å². The largest absolute Gasteiger partial charge is 0.325 e. The molecule has 2 nitrogen and oxygen atoms in total. The standard InChI is InChI=1S/C10H9NOS/c1-7(12)11-9-4-2-3-8-5-6-13-10(8)9/h2-6H,1H3,(H,11,12). The van der Waals surface area contributed by atoms with Crippen LogP contribution in [0.4, 0.5) is 5.69 Å². The topological polar surface area (TPSA) is 29.1 Å². The highest BCUT2D eigenvalue weighted by atomic mass is 32.1. The van der Waals surface area contributed by atoms with E-state index >= 15 is 0 Å². The van der Waals surface area contributed by atoms with Gasteiger partial charge in [-0.15, -0.1) is 11.3 Å². The summed E-state index contributed by atoms with van der Waals surface area (Å²) in [7, 11) is 0. The number of amides is 1. The van der Waals surface area contributed by atoms with Gasteiger partial charge in [-0.05, 0) is 22.9 Å². The average Bonchev–Trinajstić information content (AvgIpc) is 2.51. The molecule has 0 bridgehead atoms. The summed E-state index contributed by atoms with van der Waals surface area (Å²) in [6.45, 7) is 1.52. The predicted molar refractivity (Wildman–Crippen MR) is 56.1 cm³/mol. The molecule has 0 saturated heterocycles. The maximum absolute atomic E-state index is 10.9. The van der Waals surface area contributed by atoms with Crippen LogP contribution >= 0.6 is 11.3 Å². The van der Waals surface area contributed by atoms with Crippen LogP contribution in [0.3, 0.4) is 0 Å². The molecule has 2 aromatic rings. The van der Waals surface area contributed by atoms with E-state index < -0.39 is 0 Å². The lowest BCUT2D eigenvalue weighted by molar-refractivity contribution is -0.114. The minimum Gasteiger partial charge on any atom is -0.325 e. The molecule has 0 fully saturated rings. The third-order valence-electron chi connectivity index (χ3n) is 1.79. The zero-order valence-corrected chi connectivity index (χ0v) is 8.02. The lowest BCUT2D eigenvalue weighted by Crippen LogP contribution is -2.05. The van der Waals surface area contributed by atoms with E-state index in [-0.39, 0.29) is 5.91 Å². The molecule has 0 aliphatic heterocycles. The molecule has 0 unspecified atom stereocenters. The van der Waals surface area contributed by atoms with E-state index in [9.17, 15) is 4.79 Å². The Balaban J connectivity index is 2.54. The summed E-state index contributed by atoms with van der Waals surface area (Å²) < 4.78 is 1.14. The Labute approximate surface area is 80.2 Å². The van der Waals surface area contributed by atoms with E-state index in [4.69, 9.17) is 0 Å². The molecule has 1 N–H and O–H groups in total. The summed E-state index contributed by atoms with van der Waals surface area (Å²) in [4.78, 5) is 10.9. The van der Waals surface area contributed by atoms with E-state index in [1.807, 2.05) is 29.6 Å². The third-order valence-corrected chi connectivity index (χ3v) is 2.75. The number of hydrogen-bond acceptors (Lipinski definition) is 2. The molecular weight excluding hydrogens is 182 g/mol. The molecule has 1 heterocycles. The number of fused-ring (bicyclic) bond motifs is 1. The summed E-state index contributed by atoms with van der Waals surface area (Å²) in [5.41, 5.74) is 0.903. The monoisotopic (exact) mass is 191 g/mol. The van der Waals surface area contributed by atoms with Crippen molar-refractivity contribution in [1.82, 2.24) is 0 Å². The van der Waals surface area contributed by atoms with E-state index in [1.54, 1.807) is 11.3 Å². The molecule has 1 amide bonds. The summed E-state index contributed by atoms with van der Waals surface area (Å²) in [6, 6.07) is 7.95. The van der Waals surface area contributed by atoms with Gasteiger partial charge in [0.25, 0.3) is 0 Å². The van der Waals surface area contributed by atoms with Gasteiger partial charge < -0.3 is 5.32 Å². The van der Waals surface area contributed by atoms with Crippen LogP contribution in [0.15, 0.2) is 29.6 Å². The van der Waals surface area contributed by atoms with Crippen LogP contribution in [-0.4, -0.2) is 5.91 Å². The first-order chi connectivity index (χ1) is 6.27. The second-order valence-electron chi connectivity index (χ2n) is 2.83. The van der Waals surface area contributed by atoms with Gasteiger partial charge in [-0.3, -0.25) is 4.79 Å². The predicted octanol–water partition coefficient (Wildman–Crippen LogP) is 2.86. The number of rotatable bonds is 1. The molecule has 0 aliphatic rings. The molecule has 66 valence electrons. The fourth-order valence-electron chi connectivity index (χ4n) is 1.28. The van der Waals surface area contributed by atoms with Crippen molar-refractivity contribution in [1.29, 1.82) is 0 Å². The van der Waals surface area contributed by atoms with Crippen molar-refractivity contribution >= 4 is 33.0 Å². The normalized spacial score (nSPS) is 10.2. The van der Waals surface area contributed by atoms with Crippen LogP contribution < -0.4 is 5.32 Å². The highest BCUT2D eigenvalue weighted by Crippen LogP contribution is 2.28. The van der Waals surface area contributed by atoms with Crippen LogP contribution in [0.1, 0.15) is 6.92 Å². The first-order valence-electron chi connectivity index (χ1n) is 4.01. The van der Waals surface area contributed by atoms with Crippen molar-refractivity contribution in [3.8, 4) is 0 Å². The fraction of sp³-hybridized carbons (Fsp3) is 0.100. The Hall–Kier alpha value is -1.35. The SMILES string of the molecule is CC(=O)Nc1cccc2ccsc12. The van der Waals surface area contributed by atoms with Gasteiger partial charge in [-0.2, -0.15) is 0 Å². The summed E-state index contributed by atoms with van der Waals surface area (Å²) in [5.74, 6) is -0.0269. The molecule has 3 heteroatoms. The molecule has 0 atom stereocenters. The van der Waals surface area contributed by atoms with Gasteiger partial charge in [0.15, 0.2) is 0 Å². The second kappa shape index (κ2) is 3.18. The van der Waals surface area contributed by atoms with Gasteiger partial charge >= 0.3 is 0 Å². The van der Waals surface area contributed by atoms with E-state index in [2.05, 4.69) is 5.32 Å². The maximum atomic E-state index is 10.9. The number of hydrogen-bond donors (Lipinski definition) is 1. The molecule has 0 aliphatic carbocycles. The van der Waals surface area contributed by atoms with Gasteiger partial charge in [0.05, 0.1) is 10.4 Å². The molecule has 1 aromatic heterocycles. The zero-order valence-electron chi connectivity index (χ0n) is 7.20. The molecular formula is C10H9NOS. The van der Waals surface area contributed by atoms with Gasteiger partial charge in [0, 0.05) is 6.92 Å². The van der Waals surface area contributed by atoms with Crippen LogP contribution in [0.25, 0.3) is 10.1 Å². The van der Waals surface area contributed by atoms with Gasteiger partial charge in [0.2, 0.25) is 5.91 Å². The number of benzene rings is 1. The Kier molecular flexibility index (Phi) is 2.02. The summed E-state index contributed by atoms with van der Waals surface area (Å²) in [6.07, 6.45) is 0. The lowest BCUT2D eigenvalue weighted by Gasteiger charge is -2.02. The molecule has 1 aromatic carbocycles. The summed E-state index contributed by atoms with van der Waals surface area (Å²) >= 11 is 1.64. The molecule has 2 rings (SSSR count). The molecule has 0 radical (unpaired) electrons. The van der Waals surface area contributed by atoms with E-state index in [0.29, 0.717) is 0 Å². The van der Waals surface area contributed by atoms with Crippen molar-refractivity contribution in [3.05, 3.63) is 29.6 Å². The Morgan fingerprint density at radius 2 is 2.23 bits per heavy atom. The van der Waals surface area contributed by atoms with Gasteiger partial charge in [-0.25, -0.2) is 0 Å². The van der Waals surface area contributed by atoms with Crippen LogP contribution in [0.2, 0.25) is 0 Å². The number of anilines is 1. The maximum Gasteiger partial charge on any atom is 0.221 e. The summed E-state index contributed by atoms with van der Waals surface area (Å²) in [5, 5.41) is 6.01. The minimum atomic E-state index is -0.0269. The highest BCUT2D eigenvalue weighted by Gasteiger charge is 2.02. The smallest absolute Gasteiger partial charge is 0.221 e. The fourth-order valence-corrected chi connectivity index (χ4v) is 2.15. The van der Waals surface area contributed by atoms with Crippen molar-refractivity contribution in [2.75, 3.05) is 5.32 Å². The number of carbonyl (C=O) groups is 1. The van der Waals surface area contributed by atoms with E-state index in [1.165, 1.54) is 12.3 Å². The lowest BCUT2D eigenvalue weighted by atomic mass is 10.2. The molecule has 0 saturated carbocycles. The average molecular weight is 191 g/mol. The van der Waals surface area contributed by atoms with E-state index in [0.717, 1.165) is 10.4 Å². The van der Waals surface area contributed by atoms with Crippen LogP contribution in [0.5, 0.6) is 0 Å². The highest BCUT2D eigenvalue weighted by molar-refractivity contribution is 7.17. The quantitative estimate of drug-likeness (QED) is 0.737. The Morgan fingerprint density at radius 1 is 1.38 bits per heavy atom. The Morgan fingerprint density at radius 3 is 3.00 bits per heavy atom. The van der Waals surface area contributed by atoms with Crippen molar-refractivity contribution in [2.45, 2.75) is 6.92 Å². The number of carbonyl (C=O) groups excluding carboxylic acids is 1. The minimum absolute atomic E-state index is 0.0269. The van der Waals surface area contributed by atoms with Crippen molar-refractivity contribution < 1.29 is 4.79 Å². The third kappa shape index (κ3) is 1.55. The van der Waals surface area contributed by atoms with Gasteiger partial charge in [0.1, 0.15) is 0 Å². The van der Waals surface area contributed by atoms with Crippen LogP contribution in [-0.2, 0) is 4.79 Å². The first kappa shape index (κ1) is 8.26. The number of nitrogens with one attached hydrogen (secondary N) is 1. The van der Waals surface area contributed by atoms with Crippen molar-refractivity contribution in [3.63, 3.8) is 0 Å². The van der Waals surface area contributed by atoms with Crippen molar-refractivity contribution in [2.24, 2.45) is 0 Å². The zero-order chi connectivity index (χ0) is 9.26. The molecule has 0 spiro atoms. The Bertz CT molecular complexity index is 447. The second-order valence-corrected chi connectivity index (χ2v) is 3.74. The van der Waals surface area contributed by atoms with Gasteiger partial charge in [-0.1, -0.05) is 12.1 Å². The number of thiophene rings is 1.